The van der Waals surface area contributed by atoms with Crippen molar-refractivity contribution in [2.45, 2.75) is 12.3 Å². The van der Waals surface area contributed by atoms with Gasteiger partial charge in [0, 0.05) is 17.5 Å². The van der Waals surface area contributed by atoms with Crippen LogP contribution in [-0.4, -0.2) is 29.4 Å². The fraction of sp³-hybridized carbons (Fsp3) is 0.154. The summed E-state index contributed by atoms with van der Waals surface area (Å²) >= 11 is 0. The van der Waals surface area contributed by atoms with E-state index < -0.39 is 28.8 Å². The number of rotatable bonds is 2. The summed E-state index contributed by atoms with van der Waals surface area (Å²) in [4.78, 5) is 25.5. The number of fused-ring (bicyclic) bond motifs is 4. The summed E-state index contributed by atoms with van der Waals surface area (Å²) in [5, 5.41) is 21.1. The summed E-state index contributed by atoms with van der Waals surface area (Å²) in [6, 6.07) is 15.6. The number of benzene rings is 3. The lowest BCUT2D eigenvalue weighted by atomic mass is 9.84. The van der Waals surface area contributed by atoms with Crippen LogP contribution in [0.5, 0.6) is 28.7 Å². The summed E-state index contributed by atoms with van der Waals surface area (Å²) in [6.07, 6.45) is -0.0643. The molecule has 3 aromatic carbocycles. The molecule has 0 aliphatic carbocycles. The average molecular weight is 458 g/mol. The Morgan fingerprint density at radius 1 is 0.853 bits per heavy atom. The topological polar surface area (TPSA) is 115 Å². The Morgan fingerprint density at radius 2 is 1.62 bits per heavy atom. The van der Waals surface area contributed by atoms with E-state index in [0.717, 1.165) is 0 Å². The molecular formula is C26H18O8. The van der Waals surface area contributed by atoms with E-state index in [1.54, 1.807) is 30.3 Å². The first-order valence-corrected chi connectivity index (χ1v) is 10.7. The fourth-order valence-electron chi connectivity index (χ4n) is 4.51. The van der Waals surface area contributed by atoms with E-state index in [2.05, 4.69) is 0 Å². The van der Waals surface area contributed by atoms with Crippen molar-refractivity contribution in [1.82, 2.24) is 0 Å². The molecule has 170 valence electrons. The fourth-order valence-corrected chi connectivity index (χ4v) is 4.51. The van der Waals surface area contributed by atoms with E-state index >= 15 is 0 Å². The summed E-state index contributed by atoms with van der Waals surface area (Å²) in [5.74, 6) is -1.43. The number of esters is 1. The smallest absolute Gasteiger partial charge is 0.312 e. The summed E-state index contributed by atoms with van der Waals surface area (Å²) in [5.41, 5.74) is 1.15. The lowest BCUT2D eigenvalue weighted by molar-refractivity contribution is -0.135. The van der Waals surface area contributed by atoms with Crippen molar-refractivity contribution in [3.63, 3.8) is 0 Å². The summed E-state index contributed by atoms with van der Waals surface area (Å²) < 4.78 is 22.8. The molecule has 8 heteroatoms. The Balaban J connectivity index is 1.65. The van der Waals surface area contributed by atoms with Crippen molar-refractivity contribution in [2.24, 2.45) is 0 Å². The highest BCUT2D eigenvalue weighted by Gasteiger charge is 2.37. The first kappa shape index (κ1) is 20.2. The van der Waals surface area contributed by atoms with Gasteiger partial charge in [-0.3, -0.25) is 9.59 Å². The van der Waals surface area contributed by atoms with Crippen molar-refractivity contribution < 1.29 is 33.6 Å². The number of ether oxygens (including phenoxy) is 3. The maximum absolute atomic E-state index is 13.1. The molecule has 0 spiro atoms. The molecule has 4 aromatic rings. The monoisotopic (exact) mass is 458 g/mol. The van der Waals surface area contributed by atoms with Crippen LogP contribution in [0.3, 0.4) is 0 Å². The van der Waals surface area contributed by atoms with Gasteiger partial charge < -0.3 is 28.8 Å². The zero-order chi connectivity index (χ0) is 23.4. The van der Waals surface area contributed by atoms with Crippen LogP contribution in [0.2, 0.25) is 0 Å². The molecule has 1 atom stereocenters. The van der Waals surface area contributed by atoms with Gasteiger partial charge >= 0.3 is 5.97 Å². The molecule has 0 unspecified atom stereocenters. The van der Waals surface area contributed by atoms with Gasteiger partial charge in [0.1, 0.15) is 29.9 Å². The van der Waals surface area contributed by atoms with E-state index in [0.29, 0.717) is 41.4 Å². The van der Waals surface area contributed by atoms with E-state index in [1.165, 1.54) is 6.07 Å². The average Bonchev–Trinajstić information content (AvgIpc) is 2.86. The van der Waals surface area contributed by atoms with Gasteiger partial charge in [0.2, 0.25) is 5.75 Å². The van der Waals surface area contributed by atoms with Gasteiger partial charge in [0.15, 0.2) is 28.4 Å². The molecule has 2 N–H and O–H groups in total. The van der Waals surface area contributed by atoms with E-state index in [4.69, 9.17) is 18.6 Å². The van der Waals surface area contributed by atoms with Crippen LogP contribution >= 0.6 is 0 Å². The van der Waals surface area contributed by atoms with Crippen LogP contribution in [0.15, 0.2) is 63.8 Å². The van der Waals surface area contributed by atoms with Gasteiger partial charge in [-0.1, -0.05) is 36.4 Å². The highest BCUT2D eigenvalue weighted by molar-refractivity contribution is 5.96. The largest absolute Gasteiger partial charge is 0.504 e. The Bertz CT molecular complexity index is 1520. The first-order chi connectivity index (χ1) is 16.5. The standard InChI is InChI=1S/C26H18O8/c27-16-12-18(13-4-2-1-3-5-13)33-25-21-15(14-6-7-17-19(10-14)32-9-8-31-17)11-20(28)34-26(21)24(30)23(29)22(16)25/h1-7,10,12,15,29-30H,8-9,11H2/t15-/m0/s1. The normalized spacial score (nSPS) is 16.7. The number of phenols is 2. The van der Waals surface area contributed by atoms with Crippen LogP contribution in [0.25, 0.3) is 22.3 Å². The van der Waals surface area contributed by atoms with Gasteiger partial charge in [0.05, 0.1) is 12.0 Å². The third-order valence-corrected chi connectivity index (χ3v) is 6.08. The SMILES string of the molecule is O=C1C[C@@H](c2ccc3c(c2)OCCO3)c2c(c(O)c(O)c3c(=O)cc(-c4ccccc4)oc23)O1. The molecule has 2 aliphatic heterocycles. The molecule has 6 rings (SSSR count). The molecule has 8 nitrogen and oxygen atoms in total. The molecule has 0 amide bonds. The minimum atomic E-state index is -0.697. The first-order valence-electron chi connectivity index (χ1n) is 10.7. The minimum Gasteiger partial charge on any atom is -0.504 e. The second-order valence-corrected chi connectivity index (χ2v) is 8.12. The molecule has 0 fully saturated rings. The minimum absolute atomic E-state index is 0.0454. The number of carbonyl (C=O) groups is 1. The number of hydrogen-bond acceptors (Lipinski definition) is 8. The molecule has 2 aliphatic rings. The van der Waals surface area contributed by atoms with E-state index in [9.17, 15) is 19.8 Å². The van der Waals surface area contributed by atoms with Crippen molar-refractivity contribution in [3.8, 4) is 40.1 Å². The number of carbonyl (C=O) groups excluding carboxylic acids is 1. The Morgan fingerprint density at radius 3 is 2.41 bits per heavy atom. The highest BCUT2D eigenvalue weighted by Crippen LogP contribution is 2.52. The highest BCUT2D eigenvalue weighted by atomic mass is 16.6. The van der Waals surface area contributed by atoms with Crippen molar-refractivity contribution in [2.75, 3.05) is 13.2 Å². The lowest BCUT2D eigenvalue weighted by Crippen LogP contribution is -2.22. The second-order valence-electron chi connectivity index (χ2n) is 8.12. The number of aromatic hydroxyl groups is 2. The van der Waals surface area contributed by atoms with Crippen LogP contribution in [0.4, 0.5) is 0 Å². The second kappa shape index (κ2) is 7.55. The summed E-state index contributed by atoms with van der Waals surface area (Å²) in [6.45, 7) is 0.836. The zero-order valence-electron chi connectivity index (χ0n) is 17.7. The van der Waals surface area contributed by atoms with Crippen LogP contribution in [0.1, 0.15) is 23.5 Å². The molecule has 0 radical (unpaired) electrons. The predicted molar refractivity (Wildman–Crippen MR) is 121 cm³/mol. The third kappa shape index (κ3) is 3.07. The predicted octanol–water partition coefficient (Wildman–Crippen LogP) is 4.08. The molecule has 34 heavy (non-hydrogen) atoms. The molecule has 0 saturated heterocycles. The van der Waals surface area contributed by atoms with Crippen LogP contribution in [-0.2, 0) is 4.79 Å². The molecule has 3 heterocycles. The summed E-state index contributed by atoms with van der Waals surface area (Å²) in [7, 11) is 0. The molecular weight excluding hydrogens is 440 g/mol. The van der Waals surface area contributed by atoms with Crippen molar-refractivity contribution >= 4 is 16.9 Å². The van der Waals surface area contributed by atoms with Gasteiger partial charge in [-0.2, -0.15) is 0 Å². The Kier molecular flexibility index (Phi) is 4.48. The van der Waals surface area contributed by atoms with E-state index in [1.807, 2.05) is 18.2 Å². The van der Waals surface area contributed by atoms with Crippen molar-refractivity contribution in [1.29, 1.82) is 0 Å². The molecule has 1 aromatic heterocycles. The van der Waals surface area contributed by atoms with Crippen LogP contribution in [0, 0.1) is 0 Å². The third-order valence-electron chi connectivity index (χ3n) is 6.08. The Hall–Kier alpha value is -4.46. The van der Waals surface area contributed by atoms with Crippen LogP contribution < -0.4 is 19.6 Å². The lowest BCUT2D eigenvalue weighted by Gasteiger charge is -2.27. The quantitative estimate of drug-likeness (QED) is 0.262. The maximum atomic E-state index is 13.1. The molecule has 0 saturated carbocycles. The van der Waals surface area contributed by atoms with Gasteiger partial charge in [0.25, 0.3) is 0 Å². The van der Waals surface area contributed by atoms with Gasteiger partial charge in [-0.05, 0) is 17.7 Å². The van der Waals surface area contributed by atoms with Gasteiger partial charge in [-0.15, -0.1) is 0 Å². The maximum Gasteiger partial charge on any atom is 0.312 e. The Labute approximate surface area is 192 Å². The van der Waals surface area contributed by atoms with E-state index in [-0.39, 0.29) is 28.9 Å². The zero-order valence-corrected chi connectivity index (χ0v) is 17.7. The number of phenolic OH excluding ortho intramolecular Hbond substituents is 2. The molecule has 0 bridgehead atoms. The number of hydrogen-bond donors (Lipinski definition) is 2. The van der Waals surface area contributed by atoms with Gasteiger partial charge in [-0.25, -0.2) is 0 Å². The van der Waals surface area contributed by atoms with Crippen molar-refractivity contribution in [3.05, 3.63) is 75.9 Å².